The number of benzene rings is 1. The summed E-state index contributed by atoms with van der Waals surface area (Å²) in [5.41, 5.74) is 0.679. The van der Waals surface area contributed by atoms with Gasteiger partial charge in [-0.25, -0.2) is 0 Å². The molecule has 0 aromatic heterocycles. The van der Waals surface area contributed by atoms with Crippen LogP contribution in [-0.4, -0.2) is 30.6 Å². The van der Waals surface area contributed by atoms with Crippen molar-refractivity contribution in [3.05, 3.63) is 34.9 Å². The first-order chi connectivity index (χ1) is 11.3. The van der Waals surface area contributed by atoms with Gasteiger partial charge in [-0.1, -0.05) is 57.5 Å². The van der Waals surface area contributed by atoms with Gasteiger partial charge in [-0.05, 0) is 23.5 Å². The minimum atomic E-state index is -0.803. The lowest BCUT2D eigenvalue weighted by Gasteiger charge is -2.34. The van der Waals surface area contributed by atoms with Gasteiger partial charge in [0.2, 0.25) is 5.91 Å². The minimum Gasteiger partial charge on any atom is -0.356 e. The second kappa shape index (κ2) is 7.99. The van der Waals surface area contributed by atoms with E-state index in [2.05, 4.69) is 38.3 Å². The van der Waals surface area contributed by atoms with E-state index in [0.29, 0.717) is 22.4 Å². The van der Waals surface area contributed by atoms with Crippen molar-refractivity contribution in [3.8, 4) is 0 Å². The molecule has 0 aliphatic carbocycles. The summed E-state index contributed by atoms with van der Waals surface area (Å²) >= 11 is 6.24. The summed E-state index contributed by atoms with van der Waals surface area (Å²) in [4.78, 5) is 24.5. The zero-order chi connectivity index (χ0) is 17.9. The van der Waals surface area contributed by atoms with Crippen molar-refractivity contribution < 1.29 is 14.3 Å². The molecule has 6 heteroatoms. The highest BCUT2D eigenvalue weighted by molar-refractivity contribution is 6.31. The Bertz CT molecular complexity index is 596. The molecular weight excluding hydrogens is 328 g/mol. The third kappa shape index (κ3) is 4.28. The summed E-state index contributed by atoms with van der Waals surface area (Å²) in [5, 5.41) is 6.38. The Morgan fingerprint density at radius 2 is 1.88 bits per heavy atom. The molecule has 132 valence electrons. The lowest BCUT2D eigenvalue weighted by Crippen LogP contribution is -2.55. The van der Waals surface area contributed by atoms with Crippen molar-refractivity contribution in [2.45, 2.75) is 45.9 Å². The van der Waals surface area contributed by atoms with Crippen molar-refractivity contribution in [2.24, 2.45) is 11.8 Å². The van der Waals surface area contributed by atoms with E-state index in [0.717, 1.165) is 0 Å². The molecule has 1 saturated heterocycles. The molecule has 1 heterocycles. The summed E-state index contributed by atoms with van der Waals surface area (Å²) in [6.45, 7) is 8.15. The van der Waals surface area contributed by atoms with Crippen LogP contribution in [0.2, 0.25) is 5.02 Å². The quantitative estimate of drug-likeness (QED) is 0.856. The largest absolute Gasteiger partial charge is 0.356 e. The Labute approximate surface area is 148 Å². The standard InChI is InChI=1S/C18H25ClN2O3/c1-10(2)15(11(3)4)21-18(23)17-16(20-14(22)9-24-17)12-7-5-6-8-13(12)19/h5-8,10-11,15-17H,9H2,1-4H3,(H,20,22)(H,21,23)/t16-,17+/m1/s1. The van der Waals surface area contributed by atoms with Crippen LogP contribution in [0.15, 0.2) is 24.3 Å². The third-order valence-corrected chi connectivity index (χ3v) is 4.60. The molecular formula is C18H25ClN2O3. The molecule has 1 aromatic rings. The van der Waals surface area contributed by atoms with Crippen LogP contribution in [0.4, 0.5) is 0 Å². The van der Waals surface area contributed by atoms with E-state index in [1.54, 1.807) is 18.2 Å². The predicted octanol–water partition coefficient (Wildman–Crippen LogP) is 2.69. The van der Waals surface area contributed by atoms with Gasteiger partial charge in [0, 0.05) is 11.1 Å². The SMILES string of the molecule is CC(C)C(NC(=O)[C@H]1OCC(=O)N[C@@H]1c1ccccc1Cl)C(C)C. The van der Waals surface area contributed by atoms with E-state index in [1.165, 1.54) is 0 Å². The summed E-state index contributed by atoms with van der Waals surface area (Å²) in [6.07, 6.45) is -0.803. The smallest absolute Gasteiger partial charge is 0.251 e. The number of halogens is 1. The van der Waals surface area contributed by atoms with Crippen LogP contribution in [0.1, 0.15) is 39.3 Å². The molecule has 5 nitrogen and oxygen atoms in total. The maximum atomic E-state index is 12.8. The highest BCUT2D eigenvalue weighted by Gasteiger charge is 2.38. The summed E-state index contributed by atoms with van der Waals surface area (Å²) in [6, 6.07) is 6.59. The predicted molar refractivity (Wildman–Crippen MR) is 93.7 cm³/mol. The molecule has 2 rings (SSSR count). The Balaban J connectivity index is 2.24. The van der Waals surface area contributed by atoms with Crippen LogP contribution in [0.25, 0.3) is 0 Å². The van der Waals surface area contributed by atoms with Crippen molar-refractivity contribution in [1.29, 1.82) is 0 Å². The zero-order valence-corrected chi connectivity index (χ0v) is 15.3. The highest BCUT2D eigenvalue weighted by Crippen LogP contribution is 2.29. The van der Waals surface area contributed by atoms with Gasteiger partial charge in [0.25, 0.3) is 5.91 Å². The molecule has 1 aliphatic heterocycles. The molecule has 0 saturated carbocycles. The Hall–Kier alpha value is -1.59. The second-order valence-corrected chi connectivity index (χ2v) is 7.23. The van der Waals surface area contributed by atoms with Crippen LogP contribution >= 0.6 is 11.6 Å². The van der Waals surface area contributed by atoms with Crippen molar-refractivity contribution >= 4 is 23.4 Å². The lowest BCUT2D eigenvalue weighted by atomic mass is 9.92. The first-order valence-corrected chi connectivity index (χ1v) is 8.64. The van der Waals surface area contributed by atoms with E-state index in [-0.39, 0.29) is 24.5 Å². The van der Waals surface area contributed by atoms with Gasteiger partial charge in [-0.15, -0.1) is 0 Å². The maximum absolute atomic E-state index is 12.8. The van der Waals surface area contributed by atoms with Gasteiger partial charge in [-0.2, -0.15) is 0 Å². The van der Waals surface area contributed by atoms with E-state index in [9.17, 15) is 9.59 Å². The Morgan fingerprint density at radius 1 is 1.25 bits per heavy atom. The fourth-order valence-electron chi connectivity index (χ4n) is 3.10. The Kier molecular flexibility index (Phi) is 6.24. The average molecular weight is 353 g/mol. The maximum Gasteiger partial charge on any atom is 0.251 e. The van der Waals surface area contributed by atoms with E-state index in [4.69, 9.17) is 16.3 Å². The van der Waals surface area contributed by atoms with E-state index >= 15 is 0 Å². The van der Waals surface area contributed by atoms with Crippen LogP contribution in [0.3, 0.4) is 0 Å². The molecule has 2 atom stereocenters. The number of carbonyl (C=O) groups excluding carboxylic acids is 2. The fourth-order valence-corrected chi connectivity index (χ4v) is 3.35. The van der Waals surface area contributed by atoms with Crippen molar-refractivity contribution in [2.75, 3.05) is 6.61 Å². The van der Waals surface area contributed by atoms with Gasteiger partial charge >= 0.3 is 0 Å². The van der Waals surface area contributed by atoms with E-state index in [1.807, 2.05) is 6.07 Å². The zero-order valence-electron chi connectivity index (χ0n) is 14.5. The summed E-state index contributed by atoms with van der Waals surface area (Å²) < 4.78 is 5.55. The number of morpholine rings is 1. The third-order valence-electron chi connectivity index (χ3n) is 4.26. The number of carbonyl (C=O) groups is 2. The van der Waals surface area contributed by atoms with Gasteiger partial charge in [0.1, 0.15) is 6.61 Å². The number of ether oxygens (including phenoxy) is 1. The number of amides is 2. The fraction of sp³-hybridized carbons (Fsp3) is 0.556. The van der Waals surface area contributed by atoms with Crippen molar-refractivity contribution in [3.63, 3.8) is 0 Å². The monoisotopic (exact) mass is 352 g/mol. The number of hydrogen-bond donors (Lipinski definition) is 2. The van der Waals surface area contributed by atoms with Crippen LogP contribution in [0, 0.1) is 11.8 Å². The van der Waals surface area contributed by atoms with E-state index < -0.39 is 12.1 Å². The minimum absolute atomic E-state index is 0.0330. The number of nitrogens with one attached hydrogen (secondary N) is 2. The number of hydrogen-bond acceptors (Lipinski definition) is 3. The lowest BCUT2D eigenvalue weighted by molar-refractivity contribution is -0.148. The first kappa shape index (κ1) is 18.7. The molecule has 2 N–H and O–H groups in total. The van der Waals surface area contributed by atoms with Gasteiger partial charge in [-0.3, -0.25) is 9.59 Å². The molecule has 1 aliphatic rings. The molecule has 24 heavy (non-hydrogen) atoms. The molecule has 0 unspecified atom stereocenters. The topological polar surface area (TPSA) is 67.4 Å². The molecule has 0 spiro atoms. The van der Waals surface area contributed by atoms with Gasteiger partial charge < -0.3 is 15.4 Å². The normalized spacial score (nSPS) is 21.2. The van der Waals surface area contributed by atoms with Crippen LogP contribution in [0.5, 0.6) is 0 Å². The highest BCUT2D eigenvalue weighted by atomic mass is 35.5. The Morgan fingerprint density at radius 3 is 2.46 bits per heavy atom. The van der Waals surface area contributed by atoms with Crippen LogP contribution < -0.4 is 10.6 Å². The van der Waals surface area contributed by atoms with Gasteiger partial charge in [0.05, 0.1) is 6.04 Å². The van der Waals surface area contributed by atoms with Crippen molar-refractivity contribution in [1.82, 2.24) is 10.6 Å². The average Bonchev–Trinajstić information content (AvgIpc) is 2.52. The molecule has 0 radical (unpaired) electrons. The molecule has 0 bridgehead atoms. The molecule has 1 fully saturated rings. The van der Waals surface area contributed by atoms with Gasteiger partial charge in [0.15, 0.2) is 6.10 Å². The number of rotatable bonds is 5. The molecule has 1 aromatic carbocycles. The summed E-state index contributed by atoms with van der Waals surface area (Å²) in [5.74, 6) is 0.109. The van der Waals surface area contributed by atoms with Crippen LogP contribution in [-0.2, 0) is 14.3 Å². The summed E-state index contributed by atoms with van der Waals surface area (Å²) in [7, 11) is 0. The molecule has 2 amide bonds. The second-order valence-electron chi connectivity index (χ2n) is 6.82. The first-order valence-electron chi connectivity index (χ1n) is 8.27.